The van der Waals surface area contributed by atoms with Crippen LogP contribution in [0.4, 0.5) is 16.0 Å². The molecule has 2 aromatic carbocycles. The molecule has 0 N–H and O–H groups in total. The van der Waals surface area contributed by atoms with Crippen molar-refractivity contribution in [3.8, 4) is 5.75 Å². The van der Waals surface area contributed by atoms with Crippen LogP contribution in [0.15, 0.2) is 58.1 Å². The van der Waals surface area contributed by atoms with Gasteiger partial charge in [-0.15, -0.1) is 0 Å². The highest BCUT2D eigenvalue weighted by molar-refractivity contribution is 5.77. The summed E-state index contributed by atoms with van der Waals surface area (Å²) in [6.45, 7) is 6.05. The van der Waals surface area contributed by atoms with Crippen LogP contribution in [0.25, 0.3) is 11.2 Å². The van der Waals surface area contributed by atoms with Crippen molar-refractivity contribution in [1.82, 2.24) is 18.7 Å². The number of benzene rings is 2. The van der Waals surface area contributed by atoms with Crippen LogP contribution < -0.4 is 20.9 Å². The van der Waals surface area contributed by atoms with Crippen LogP contribution in [0.2, 0.25) is 0 Å². The van der Waals surface area contributed by atoms with Crippen LogP contribution in [-0.4, -0.2) is 31.8 Å². The Morgan fingerprint density at radius 1 is 1.06 bits per heavy atom. The third kappa shape index (κ3) is 3.67. The van der Waals surface area contributed by atoms with Crippen molar-refractivity contribution in [3.05, 3.63) is 80.7 Å². The molecule has 1 atom stereocenters. The number of rotatable bonds is 5. The zero-order valence-corrected chi connectivity index (χ0v) is 19.4. The van der Waals surface area contributed by atoms with Gasteiger partial charge in [0, 0.05) is 25.8 Å². The van der Waals surface area contributed by atoms with Crippen molar-refractivity contribution in [3.63, 3.8) is 0 Å². The third-order valence-electron chi connectivity index (χ3n) is 6.16. The summed E-state index contributed by atoms with van der Waals surface area (Å²) in [5.74, 6) is 1.30. The molecule has 1 unspecified atom stereocenters. The van der Waals surface area contributed by atoms with Gasteiger partial charge in [0.1, 0.15) is 11.6 Å². The lowest BCUT2D eigenvalue weighted by atomic mass is 10.1. The maximum Gasteiger partial charge on any atom is 0.332 e. The third-order valence-corrected chi connectivity index (χ3v) is 6.16. The van der Waals surface area contributed by atoms with Gasteiger partial charge in [-0.2, -0.15) is 4.98 Å². The van der Waals surface area contributed by atoms with E-state index >= 15 is 0 Å². The van der Waals surface area contributed by atoms with Gasteiger partial charge in [0.15, 0.2) is 11.2 Å². The van der Waals surface area contributed by atoms with E-state index in [2.05, 4.69) is 11.8 Å². The molecule has 3 heterocycles. The molecule has 0 bridgehead atoms. The van der Waals surface area contributed by atoms with Gasteiger partial charge in [-0.3, -0.25) is 13.9 Å². The average molecular weight is 464 g/mol. The van der Waals surface area contributed by atoms with Gasteiger partial charge in [-0.1, -0.05) is 19.1 Å². The lowest BCUT2D eigenvalue weighted by Gasteiger charge is -2.33. The van der Waals surface area contributed by atoms with Crippen molar-refractivity contribution in [1.29, 1.82) is 0 Å². The maximum atomic E-state index is 13.6. The largest absolute Gasteiger partial charge is 0.494 e. The Labute approximate surface area is 195 Å². The van der Waals surface area contributed by atoms with Gasteiger partial charge in [-0.05, 0) is 54.8 Å². The molecule has 0 saturated heterocycles. The normalized spacial score (nSPS) is 15.5. The first-order valence-corrected chi connectivity index (χ1v) is 11.3. The lowest BCUT2D eigenvalue weighted by molar-refractivity contribution is 0.340. The zero-order chi connectivity index (χ0) is 24.0. The van der Waals surface area contributed by atoms with E-state index in [4.69, 9.17) is 9.72 Å². The van der Waals surface area contributed by atoms with Gasteiger partial charge in [-0.25, -0.2) is 9.18 Å². The number of hydrogen-bond donors (Lipinski definition) is 0. The minimum atomic E-state index is -0.460. The quantitative estimate of drug-likeness (QED) is 0.454. The number of nitrogens with zero attached hydrogens (tertiary/aromatic N) is 5. The first-order chi connectivity index (χ1) is 16.4. The van der Waals surface area contributed by atoms with Crippen molar-refractivity contribution >= 4 is 22.8 Å². The Bertz CT molecular complexity index is 1470. The van der Waals surface area contributed by atoms with Crippen LogP contribution in [0.5, 0.6) is 5.75 Å². The summed E-state index contributed by atoms with van der Waals surface area (Å²) in [6.07, 6.45) is 0. The van der Waals surface area contributed by atoms with Crippen LogP contribution in [0.3, 0.4) is 0 Å². The predicted molar refractivity (Wildman–Crippen MR) is 129 cm³/mol. The molecule has 0 spiro atoms. The van der Waals surface area contributed by atoms with Gasteiger partial charge in [0.2, 0.25) is 5.95 Å². The molecule has 9 heteroatoms. The summed E-state index contributed by atoms with van der Waals surface area (Å²) in [6, 6.07) is 13.6. The number of imidazole rings is 1. The van der Waals surface area contributed by atoms with Crippen LogP contribution >= 0.6 is 0 Å². The SMILES string of the molecule is CCOc1ccc(N2CC(C)Cn3c2nc2c3c(=O)n(Cc3ccc(F)cc3)c(=O)n2C)cc1. The van der Waals surface area contributed by atoms with Crippen molar-refractivity contribution < 1.29 is 9.13 Å². The van der Waals surface area contributed by atoms with Gasteiger partial charge >= 0.3 is 5.69 Å². The fourth-order valence-electron chi connectivity index (χ4n) is 4.52. The van der Waals surface area contributed by atoms with Crippen LogP contribution in [0.1, 0.15) is 19.4 Å². The summed E-state index contributed by atoms with van der Waals surface area (Å²) in [7, 11) is 1.62. The number of anilines is 2. The first kappa shape index (κ1) is 21.9. The highest BCUT2D eigenvalue weighted by Crippen LogP contribution is 2.33. The molecule has 176 valence electrons. The minimum absolute atomic E-state index is 0.0560. The van der Waals surface area contributed by atoms with Crippen molar-refractivity contribution in [2.75, 3.05) is 18.1 Å². The fourth-order valence-corrected chi connectivity index (χ4v) is 4.52. The molecule has 34 heavy (non-hydrogen) atoms. The van der Waals surface area contributed by atoms with E-state index in [9.17, 15) is 14.0 Å². The van der Waals surface area contributed by atoms with Crippen LogP contribution in [-0.2, 0) is 20.1 Å². The molecular weight excluding hydrogens is 437 g/mol. The number of aromatic nitrogens is 4. The Hall–Kier alpha value is -3.88. The van der Waals surface area contributed by atoms with E-state index in [0.717, 1.165) is 18.0 Å². The fraction of sp³-hybridized carbons (Fsp3) is 0.320. The molecule has 8 nitrogen and oxygen atoms in total. The molecule has 0 saturated carbocycles. The summed E-state index contributed by atoms with van der Waals surface area (Å²) >= 11 is 0. The number of ether oxygens (including phenoxy) is 1. The van der Waals surface area contributed by atoms with Gasteiger partial charge in [0.25, 0.3) is 5.56 Å². The van der Waals surface area contributed by atoms with E-state index in [-0.39, 0.29) is 18.3 Å². The summed E-state index contributed by atoms with van der Waals surface area (Å²) in [4.78, 5) is 33.4. The van der Waals surface area contributed by atoms with Crippen molar-refractivity contribution in [2.24, 2.45) is 13.0 Å². The van der Waals surface area contributed by atoms with Gasteiger partial charge < -0.3 is 14.2 Å². The smallest absolute Gasteiger partial charge is 0.332 e. The first-order valence-electron chi connectivity index (χ1n) is 11.3. The standard InChI is InChI=1S/C25H26FN5O3/c1-4-34-20-11-9-19(10-12-20)29-13-16(2)14-30-21-22(27-24(29)30)28(3)25(33)31(23(21)32)15-17-5-7-18(26)8-6-17/h5-12,16H,4,13-15H2,1-3H3. The Morgan fingerprint density at radius 3 is 2.44 bits per heavy atom. The van der Waals surface area contributed by atoms with E-state index in [1.165, 1.54) is 21.3 Å². The topological polar surface area (TPSA) is 74.3 Å². The molecule has 5 rings (SSSR count). The average Bonchev–Trinajstić information content (AvgIpc) is 3.21. The number of halogens is 1. The predicted octanol–water partition coefficient (Wildman–Crippen LogP) is 3.27. The molecule has 2 aromatic heterocycles. The van der Waals surface area contributed by atoms with E-state index in [1.54, 1.807) is 19.2 Å². The Kier molecular flexibility index (Phi) is 5.47. The highest BCUT2D eigenvalue weighted by atomic mass is 19.1. The number of hydrogen-bond acceptors (Lipinski definition) is 5. The second-order valence-corrected chi connectivity index (χ2v) is 8.70. The van der Waals surface area contributed by atoms with Crippen LogP contribution in [0, 0.1) is 11.7 Å². The van der Waals surface area contributed by atoms with Crippen molar-refractivity contribution in [2.45, 2.75) is 26.9 Å². The molecular formula is C25H26FN5O3. The minimum Gasteiger partial charge on any atom is -0.494 e. The Balaban J connectivity index is 1.65. The number of aryl methyl sites for hydroxylation is 1. The molecule has 0 amide bonds. The van der Waals surface area contributed by atoms with E-state index in [1.807, 2.05) is 35.8 Å². The van der Waals surface area contributed by atoms with E-state index < -0.39 is 11.2 Å². The number of fused-ring (bicyclic) bond motifs is 3. The Morgan fingerprint density at radius 2 is 1.76 bits per heavy atom. The highest BCUT2D eigenvalue weighted by Gasteiger charge is 2.29. The second kappa shape index (κ2) is 8.48. The maximum absolute atomic E-state index is 13.6. The molecule has 0 fully saturated rings. The molecule has 4 aromatic rings. The van der Waals surface area contributed by atoms with E-state index in [0.29, 0.717) is 35.8 Å². The molecule has 0 aliphatic carbocycles. The monoisotopic (exact) mass is 463 g/mol. The summed E-state index contributed by atoms with van der Waals surface area (Å²) in [5, 5.41) is 0. The summed E-state index contributed by atoms with van der Waals surface area (Å²) in [5.41, 5.74) is 1.48. The van der Waals surface area contributed by atoms with Gasteiger partial charge in [0.05, 0.1) is 13.2 Å². The zero-order valence-electron chi connectivity index (χ0n) is 19.4. The molecule has 1 aliphatic rings. The second-order valence-electron chi connectivity index (χ2n) is 8.70. The lowest BCUT2D eigenvalue weighted by Crippen LogP contribution is -2.40. The summed E-state index contributed by atoms with van der Waals surface area (Å²) < 4.78 is 23.4. The molecule has 1 aliphatic heterocycles. The molecule has 0 radical (unpaired) electrons.